The highest BCUT2D eigenvalue weighted by Gasteiger charge is 2.19. The fraction of sp³-hybridized carbons (Fsp3) is 0.125. The van der Waals surface area contributed by atoms with Crippen LogP contribution in [0.15, 0.2) is 55.1 Å². The molecule has 0 aliphatic heterocycles. The molecule has 2 rings (SSSR count). The first-order valence-corrected chi connectivity index (χ1v) is 6.10. The number of benzene rings is 2. The molecule has 0 bridgehead atoms. The van der Waals surface area contributed by atoms with Crippen molar-refractivity contribution >= 4 is 0 Å². The first-order valence-electron chi connectivity index (χ1n) is 6.10. The second-order valence-electron chi connectivity index (χ2n) is 4.39. The van der Waals surface area contributed by atoms with Gasteiger partial charge in [0.2, 0.25) is 0 Å². The Bertz CT molecular complexity index is 594. The van der Waals surface area contributed by atoms with Crippen LogP contribution >= 0.6 is 0 Å². The van der Waals surface area contributed by atoms with Crippen LogP contribution in [-0.4, -0.2) is 5.26 Å². The summed E-state index contributed by atoms with van der Waals surface area (Å²) in [5.74, 6) is -1.44. The minimum absolute atomic E-state index is 0.0744. The van der Waals surface area contributed by atoms with Crippen LogP contribution in [0.2, 0.25) is 0 Å². The highest BCUT2D eigenvalue weighted by molar-refractivity contribution is 5.33. The molecule has 2 aromatic rings. The Balaban J connectivity index is 2.33. The van der Waals surface area contributed by atoms with Crippen molar-refractivity contribution in [3.8, 4) is 0 Å². The molecule has 20 heavy (non-hydrogen) atoms. The molecule has 0 heterocycles. The smallest absolute Gasteiger partial charge is 0.146 e. The Hall–Kier alpha value is -2.04. The van der Waals surface area contributed by atoms with Gasteiger partial charge in [-0.05, 0) is 23.6 Å². The van der Waals surface area contributed by atoms with Gasteiger partial charge in [-0.25, -0.2) is 13.7 Å². The Kier molecular flexibility index (Phi) is 4.61. The molecule has 1 unspecified atom stereocenters. The molecule has 1 N–H and O–H groups in total. The highest BCUT2D eigenvalue weighted by Crippen LogP contribution is 2.28. The fourth-order valence-corrected chi connectivity index (χ4v) is 2.01. The molecule has 0 amide bonds. The minimum Gasteiger partial charge on any atom is -0.251 e. The van der Waals surface area contributed by atoms with Gasteiger partial charge in [0.15, 0.2) is 0 Å². The average molecular weight is 276 g/mol. The molecular formula is C16H14F2O2. The van der Waals surface area contributed by atoms with E-state index in [1.165, 1.54) is 6.07 Å². The van der Waals surface area contributed by atoms with Gasteiger partial charge in [-0.1, -0.05) is 36.4 Å². The molecule has 2 aromatic carbocycles. The Labute approximate surface area is 115 Å². The van der Waals surface area contributed by atoms with E-state index in [0.717, 1.165) is 24.1 Å². The first-order chi connectivity index (χ1) is 9.65. The lowest BCUT2D eigenvalue weighted by Gasteiger charge is -2.15. The molecule has 4 heteroatoms. The molecule has 0 aromatic heterocycles. The van der Waals surface area contributed by atoms with Crippen LogP contribution < -0.4 is 0 Å². The molecule has 0 aliphatic rings. The van der Waals surface area contributed by atoms with Crippen molar-refractivity contribution in [3.05, 3.63) is 83.4 Å². The normalized spacial score (nSPS) is 12.2. The quantitative estimate of drug-likeness (QED) is 0.502. The van der Waals surface area contributed by atoms with Gasteiger partial charge in [0.25, 0.3) is 0 Å². The van der Waals surface area contributed by atoms with E-state index in [1.807, 2.05) is 12.1 Å². The summed E-state index contributed by atoms with van der Waals surface area (Å²) in [5.41, 5.74) is 1.69. The molecule has 104 valence electrons. The summed E-state index contributed by atoms with van der Waals surface area (Å²) in [5, 5.41) is 9.02. The van der Waals surface area contributed by atoms with Gasteiger partial charge in [-0.15, -0.1) is 6.58 Å². The van der Waals surface area contributed by atoms with Crippen molar-refractivity contribution in [3.63, 3.8) is 0 Å². The van der Waals surface area contributed by atoms with E-state index in [4.69, 9.17) is 5.26 Å². The Morgan fingerprint density at radius 1 is 1.15 bits per heavy atom. The number of hydrogen-bond donors (Lipinski definition) is 1. The van der Waals surface area contributed by atoms with Gasteiger partial charge >= 0.3 is 0 Å². The molecule has 0 radical (unpaired) electrons. The summed E-state index contributed by atoms with van der Waals surface area (Å²) >= 11 is 0. The molecule has 0 spiro atoms. The predicted molar refractivity (Wildman–Crippen MR) is 72.3 cm³/mol. The van der Waals surface area contributed by atoms with Crippen LogP contribution in [0.5, 0.6) is 0 Å². The maximum Gasteiger partial charge on any atom is 0.146 e. The van der Waals surface area contributed by atoms with E-state index in [9.17, 15) is 8.78 Å². The largest absolute Gasteiger partial charge is 0.251 e. The summed E-state index contributed by atoms with van der Waals surface area (Å²) in [6.07, 6.45) is 1.50. The lowest BCUT2D eigenvalue weighted by Crippen LogP contribution is -2.06. The van der Waals surface area contributed by atoms with Crippen molar-refractivity contribution in [2.75, 3.05) is 0 Å². The monoisotopic (exact) mass is 276 g/mol. The fourth-order valence-electron chi connectivity index (χ4n) is 2.01. The topological polar surface area (TPSA) is 29.5 Å². The van der Waals surface area contributed by atoms with E-state index < -0.39 is 17.7 Å². The van der Waals surface area contributed by atoms with Gasteiger partial charge in [0.05, 0.1) is 0 Å². The summed E-state index contributed by atoms with van der Waals surface area (Å²) in [6, 6.07) is 10.3. The standard InChI is InChI=1S/C16H14F2O2/c1-2-3-11-4-6-12(7-5-11)16(20-19)14-9-8-13(17)10-15(14)18/h2,4-10,16,19H,1,3H2. The molecular weight excluding hydrogens is 262 g/mol. The lowest BCUT2D eigenvalue weighted by molar-refractivity contribution is -0.271. The van der Waals surface area contributed by atoms with Crippen molar-refractivity contribution in [2.45, 2.75) is 12.5 Å². The zero-order valence-corrected chi connectivity index (χ0v) is 10.7. The van der Waals surface area contributed by atoms with E-state index in [-0.39, 0.29) is 5.56 Å². The molecule has 0 aliphatic carbocycles. The van der Waals surface area contributed by atoms with Crippen LogP contribution in [0, 0.1) is 11.6 Å². The maximum atomic E-state index is 13.7. The van der Waals surface area contributed by atoms with E-state index in [0.29, 0.717) is 5.56 Å². The summed E-state index contributed by atoms with van der Waals surface area (Å²) in [6.45, 7) is 3.65. The third-order valence-electron chi connectivity index (χ3n) is 3.01. The lowest BCUT2D eigenvalue weighted by atomic mass is 9.99. The second kappa shape index (κ2) is 6.41. The van der Waals surface area contributed by atoms with E-state index in [2.05, 4.69) is 11.5 Å². The predicted octanol–water partition coefficient (Wildman–Crippen LogP) is 4.27. The van der Waals surface area contributed by atoms with Crippen LogP contribution in [0.3, 0.4) is 0 Å². The van der Waals surface area contributed by atoms with Gasteiger partial charge in [0.1, 0.15) is 17.7 Å². The highest BCUT2D eigenvalue weighted by atomic mass is 19.1. The first kappa shape index (κ1) is 14.4. The van der Waals surface area contributed by atoms with Crippen LogP contribution in [0.1, 0.15) is 22.8 Å². The van der Waals surface area contributed by atoms with Crippen molar-refractivity contribution in [1.82, 2.24) is 0 Å². The molecule has 1 atom stereocenters. The molecule has 0 fully saturated rings. The zero-order chi connectivity index (χ0) is 14.5. The van der Waals surface area contributed by atoms with E-state index in [1.54, 1.807) is 18.2 Å². The summed E-state index contributed by atoms with van der Waals surface area (Å²) < 4.78 is 26.6. The third kappa shape index (κ3) is 3.10. The Morgan fingerprint density at radius 2 is 1.85 bits per heavy atom. The molecule has 0 saturated carbocycles. The molecule has 0 saturated heterocycles. The van der Waals surface area contributed by atoms with Crippen LogP contribution in [-0.2, 0) is 11.3 Å². The van der Waals surface area contributed by atoms with E-state index >= 15 is 0 Å². The van der Waals surface area contributed by atoms with Crippen LogP contribution in [0.4, 0.5) is 8.78 Å². The van der Waals surface area contributed by atoms with Crippen molar-refractivity contribution < 1.29 is 18.9 Å². The summed E-state index contributed by atoms with van der Waals surface area (Å²) in [4.78, 5) is 4.36. The SMILES string of the molecule is C=CCc1ccc(C(OO)c2ccc(F)cc2F)cc1. The Morgan fingerprint density at radius 3 is 2.40 bits per heavy atom. The van der Waals surface area contributed by atoms with Gasteiger partial charge in [0, 0.05) is 11.6 Å². The number of hydrogen-bond acceptors (Lipinski definition) is 2. The van der Waals surface area contributed by atoms with Gasteiger partial charge in [-0.3, -0.25) is 5.26 Å². The maximum absolute atomic E-state index is 13.7. The molecule has 2 nitrogen and oxygen atoms in total. The number of halogens is 2. The van der Waals surface area contributed by atoms with Gasteiger partial charge in [-0.2, -0.15) is 0 Å². The summed E-state index contributed by atoms with van der Waals surface area (Å²) in [7, 11) is 0. The average Bonchev–Trinajstić information content (AvgIpc) is 2.44. The minimum atomic E-state index is -0.992. The van der Waals surface area contributed by atoms with Crippen LogP contribution in [0.25, 0.3) is 0 Å². The third-order valence-corrected chi connectivity index (χ3v) is 3.01. The number of allylic oxidation sites excluding steroid dienone is 1. The number of rotatable bonds is 5. The van der Waals surface area contributed by atoms with Gasteiger partial charge < -0.3 is 0 Å². The van der Waals surface area contributed by atoms with Crippen molar-refractivity contribution in [2.24, 2.45) is 0 Å². The zero-order valence-electron chi connectivity index (χ0n) is 10.7. The van der Waals surface area contributed by atoms with Crippen molar-refractivity contribution in [1.29, 1.82) is 0 Å². The second-order valence-corrected chi connectivity index (χ2v) is 4.39.